The molecule has 4 rings (SSSR count). The van der Waals surface area contributed by atoms with Crippen molar-refractivity contribution in [2.24, 2.45) is 5.92 Å². The molecule has 2 fully saturated rings. The molecular formula is C14H15ClN4O3S. The van der Waals surface area contributed by atoms with E-state index in [2.05, 4.69) is 10.3 Å². The number of carbonyl (C=O) groups is 1. The fourth-order valence-electron chi connectivity index (χ4n) is 3.50. The third-order valence-electron chi connectivity index (χ3n) is 4.55. The number of aromatic nitrogens is 2. The lowest BCUT2D eigenvalue weighted by Gasteiger charge is -2.34. The van der Waals surface area contributed by atoms with E-state index in [4.69, 9.17) is 11.6 Å². The number of imidazole rings is 1. The smallest absolute Gasteiger partial charge is 0.262 e. The number of rotatable bonds is 2. The molecule has 1 N–H and O–H groups in total. The van der Waals surface area contributed by atoms with E-state index in [0.717, 1.165) is 0 Å². The number of hydrogen-bond donors (Lipinski definition) is 1. The number of piperidine rings is 1. The molecule has 9 heteroatoms. The Labute approximate surface area is 138 Å². The zero-order valence-corrected chi connectivity index (χ0v) is 13.7. The molecule has 7 nitrogen and oxygen atoms in total. The van der Waals surface area contributed by atoms with E-state index in [1.165, 1.54) is 8.71 Å². The highest BCUT2D eigenvalue weighted by Gasteiger charge is 2.46. The molecule has 2 saturated heterocycles. The first-order valence-electron chi connectivity index (χ1n) is 7.42. The summed E-state index contributed by atoms with van der Waals surface area (Å²) < 4.78 is 29.2. The van der Waals surface area contributed by atoms with Gasteiger partial charge in [0.1, 0.15) is 5.65 Å². The van der Waals surface area contributed by atoms with Crippen LogP contribution in [0.15, 0.2) is 29.4 Å². The molecule has 0 bridgehead atoms. The second kappa shape index (κ2) is 5.19. The largest absolute Gasteiger partial charge is 0.354 e. The van der Waals surface area contributed by atoms with E-state index in [-0.39, 0.29) is 28.0 Å². The van der Waals surface area contributed by atoms with Crippen LogP contribution in [0.2, 0.25) is 5.15 Å². The molecular weight excluding hydrogens is 340 g/mol. The lowest BCUT2D eigenvalue weighted by atomic mass is 9.93. The maximum absolute atomic E-state index is 13.2. The topological polar surface area (TPSA) is 83.8 Å². The van der Waals surface area contributed by atoms with Gasteiger partial charge in [0.25, 0.3) is 10.0 Å². The van der Waals surface area contributed by atoms with Crippen LogP contribution in [0.4, 0.5) is 0 Å². The molecule has 2 aromatic rings. The summed E-state index contributed by atoms with van der Waals surface area (Å²) in [6.07, 6.45) is 2.99. The van der Waals surface area contributed by atoms with Gasteiger partial charge in [-0.05, 0) is 25.0 Å². The number of amides is 1. The second-order valence-corrected chi connectivity index (χ2v) is 7.98. The normalized spacial score (nSPS) is 25.5. The summed E-state index contributed by atoms with van der Waals surface area (Å²) in [5.41, 5.74) is 0.477. The lowest BCUT2D eigenvalue weighted by molar-refractivity contribution is -0.123. The molecule has 2 aliphatic rings. The van der Waals surface area contributed by atoms with Crippen LogP contribution in [-0.2, 0) is 14.8 Å². The first-order chi connectivity index (χ1) is 11.0. The number of nitrogens with one attached hydrogen (secondary N) is 1. The molecule has 2 atom stereocenters. The Balaban J connectivity index is 1.83. The van der Waals surface area contributed by atoms with Crippen molar-refractivity contribution in [1.82, 2.24) is 19.0 Å². The highest BCUT2D eigenvalue weighted by atomic mass is 35.5. The number of sulfonamides is 1. The zero-order chi connectivity index (χ0) is 16.2. The van der Waals surface area contributed by atoms with Crippen molar-refractivity contribution in [3.63, 3.8) is 0 Å². The summed E-state index contributed by atoms with van der Waals surface area (Å²) in [4.78, 5) is 16.0. The monoisotopic (exact) mass is 354 g/mol. The van der Waals surface area contributed by atoms with Crippen LogP contribution in [0.5, 0.6) is 0 Å². The SMILES string of the molecule is O=C1NC[C@@H]2[C@H]1CCCN2S(=O)(=O)c1c(Cl)nc2ccccn12. The van der Waals surface area contributed by atoms with Gasteiger partial charge in [0.2, 0.25) is 5.91 Å². The maximum Gasteiger partial charge on any atom is 0.262 e. The molecule has 2 aliphatic heterocycles. The van der Waals surface area contributed by atoms with Gasteiger partial charge >= 0.3 is 0 Å². The van der Waals surface area contributed by atoms with Crippen molar-refractivity contribution < 1.29 is 13.2 Å². The van der Waals surface area contributed by atoms with E-state index in [1.807, 2.05) is 0 Å². The van der Waals surface area contributed by atoms with E-state index >= 15 is 0 Å². The molecule has 0 spiro atoms. The number of halogens is 1. The van der Waals surface area contributed by atoms with Crippen LogP contribution in [0.1, 0.15) is 12.8 Å². The van der Waals surface area contributed by atoms with Gasteiger partial charge < -0.3 is 5.32 Å². The molecule has 0 saturated carbocycles. The number of hydrogen-bond acceptors (Lipinski definition) is 4. The van der Waals surface area contributed by atoms with Gasteiger partial charge in [-0.3, -0.25) is 9.20 Å². The molecule has 122 valence electrons. The van der Waals surface area contributed by atoms with E-state index < -0.39 is 10.0 Å². The van der Waals surface area contributed by atoms with Crippen molar-refractivity contribution in [3.05, 3.63) is 29.5 Å². The molecule has 2 aromatic heterocycles. The molecule has 0 unspecified atom stereocenters. The molecule has 23 heavy (non-hydrogen) atoms. The lowest BCUT2D eigenvalue weighted by Crippen LogP contribution is -2.48. The van der Waals surface area contributed by atoms with Crippen molar-refractivity contribution in [1.29, 1.82) is 0 Å². The minimum absolute atomic E-state index is 0.0326. The second-order valence-electron chi connectivity index (χ2n) is 5.81. The third kappa shape index (κ3) is 2.16. The summed E-state index contributed by atoms with van der Waals surface area (Å²) in [5, 5.41) is 2.68. The van der Waals surface area contributed by atoms with E-state index in [1.54, 1.807) is 24.4 Å². The Morgan fingerprint density at radius 1 is 1.35 bits per heavy atom. The zero-order valence-electron chi connectivity index (χ0n) is 12.1. The Bertz CT molecular complexity index is 895. The van der Waals surface area contributed by atoms with Gasteiger partial charge in [-0.1, -0.05) is 17.7 Å². The van der Waals surface area contributed by atoms with Crippen LogP contribution in [0, 0.1) is 5.92 Å². The first-order valence-corrected chi connectivity index (χ1v) is 9.24. The summed E-state index contributed by atoms with van der Waals surface area (Å²) in [5.74, 6) is -0.351. The number of pyridine rings is 1. The fourth-order valence-corrected chi connectivity index (χ4v) is 5.80. The van der Waals surface area contributed by atoms with Crippen molar-refractivity contribution >= 4 is 33.2 Å². The Morgan fingerprint density at radius 3 is 3.00 bits per heavy atom. The van der Waals surface area contributed by atoms with Crippen molar-refractivity contribution in [2.45, 2.75) is 23.9 Å². The van der Waals surface area contributed by atoms with Crippen LogP contribution in [0.25, 0.3) is 5.65 Å². The average molecular weight is 355 g/mol. The van der Waals surface area contributed by atoms with E-state index in [9.17, 15) is 13.2 Å². The number of nitrogens with zero attached hydrogens (tertiary/aromatic N) is 3. The van der Waals surface area contributed by atoms with Gasteiger partial charge in [0, 0.05) is 19.3 Å². The van der Waals surface area contributed by atoms with Gasteiger partial charge in [-0.15, -0.1) is 0 Å². The highest BCUT2D eigenvalue weighted by Crippen LogP contribution is 2.34. The van der Waals surface area contributed by atoms with Crippen LogP contribution in [0.3, 0.4) is 0 Å². The Kier molecular flexibility index (Phi) is 3.36. The molecule has 0 radical (unpaired) electrons. The third-order valence-corrected chi connectivity index (χ3v) is 6.87. The van der Waals surface area contributed by atoms with Crippen LogP contribution >= 0.6 is 11.6 Å². The van der Waals surface area contributed by atoms with Gasteiger partial charge in [-0.2, -0.15) is 4.31 Å². The maximum atomic E-state index is 13.2. The van der Waals surface area contributed by atoms with E-state index in [0.29, 0.717) is 31.6 Å². The molecule has 0 aromatic carbocycles. The molecule has 1 amide bonds. The van der Waals surface area contributed by atoms with Crippen molar-refractivity contribution in [2.75, 3.05) is 13.1 Å². The minimum atomic E-state index is -3.84. The van der Waals surface area contributed by atoms with Crippen LogP contribution in [-0.4, -0.2) is 47.1 Å². The summed E-state index contributed by atoms with van der Waals surface area (Å²) >= 11 is 6.12. The van der Waals surface area contributed by atoms with Gasteiger partial charge in [0.15, 0.2) is 10.2 Å². The van der Waals surface area contributed by atoms with Gasteiger partial charge in [0.05, 0.1) is 12.0 Å². The fraction of sp³-hybridized carbons (Fsp3) is 0.429. The first kappa shape index (κ1) is 14.9. The Morgan fingerprint density at radius 2 is 2.17 bits per heavy atom. The van der Waals surface area contributed by atoms with Gasteiger partial charge in [-0.25, -0.2) is 13.4 Å². The average Bonchev–Trinajstić information content (AvgIpc) is 3.07. The van der Waals surface area contributed by atoms with Crippen molar-refractivity contribution in [3.8, 4) is 0 Å². The summed E-state index contributed by atoms with van der Waals surface area (Å²) in [6, 6.07) is 4.84. The standard InChI is InChI=1S/C14H15ClN4O3S/c15-12-14(18-6-2-1-5-11(18)17-12)23(21,22)19-7-3-4-9-10(19)8-16-13(9)20/h1-2,5-6,9-10H,3-4,7-8H2,(H,16,20)/t9-,10-/m1/s1. The molecule has 0 aliphatic carbocycles. The molecule has 4 heterocycles. The summed E-state index contributed by atoms with van der Waals surface area (Å²) in [7, 11) is -3.84. The Hall–Kier alpha value is -1.64. The minimum Gasteiger partial charge on any atom is -0.354 e. The number of fused-ring (bicyclic) bond motifs is 2. The summed E-state index contributed by atoms with van der Waals surface area (Å²) in [6.45, 7) is 0.728. The van der Waals surface area contributed by atoms with Crippen LogP contribution < -0.4 is 5.32 Å². The quantitative estimate of drug-likeness (QED) is 0.868. The predicted octanol–water partition coefficient (Wildman–Crippen LogP) is 0.887. The number of carbonyl (C=O) groups excluding carboxylic acids is 1. The predicted molar refractivity (Wildman–Crippen MR) is 83.6 cm³/mol. The highest BCUT2D eigenvalue weighted by molar-refractivity contribution is 7.89.